The Labute approximate surface area is 207 Å². The molecular formula is C26H23N5OS2. The number of nitrogens with zero attached hydrogens (tertiary/aromatic N) is 4. The molecule has 1 aromatic heterocycles. The number of hydrogen-bond donors (Lipinski definition) is 1. The van der Waals surface area contributed by atoms with Gasteiger partial charge in [0.1, 0.15) is 0 Å². The highest BCUT2D eigenvalue weighted by atomic mass is 32.2. The van der Waals surface area contributed by atoms with Crippen LogP contribution in [0.1, 0.15) is 28.1 Å². The summed E-state index contributed by atoms with van der Waals surface area (Å²) < 4.78 is 2.95. The number of thioether (sulfide) groups is 2. The van der Waals surface area contributed by atoms with E-state index < -0.39 is 5.91 Å². The SMILES string of the molecule is Cc1ccccc1-n1c(C)cc(/C=C2/C(=N)N3N=C(SCc4ccccc4)SC3=NC2=O)c1C. The Hall–Kier alpha value is -3.36. The number of fused-ring (bicyclic) bond motifs is 1. The van der Waals surface area contributed by atoms with Crippen molar-refractivity contribution in [2.75, 3.05) is 0 Å². The van der Waals surface area contributed by atoms with Gasteiger partial charge in [-0.15, -0.1) is 5.10 Å². The second kappa shape index (κ2) is 9.12. The third-order valence-corrected chi connectivity index (χ3v) is 7.88. The van der Waals surface area contributed by atoms with Gasteiger partial charge in [0, 0.05) is 22.8 Å². The summed E-state index contributed by atoms with van der Waals surface area (Å²) in [6.07, 6.45) is 1.76. The Bertz CT molecular complexity index is 1400. The second-order valence-corrected chi connectivity index (χ2v) is 10.3. The molecule has 0 fully saturated rings. The lowest BCUT2D eigenvalue weighted by Gasteiger charge is -2.20. The Morgan fingerprint density at radius 3 is 2.56 bits per heavy atom. The number of nitrogens with one attached hydrogen (secondary N) is 1. The average Bonchev–Trinajstić information content (AvgIpc) is 3.36. The zero-order chi connectivity index (χ0) is 23.8. The van der Waals surface area contributed by atoms with Crippen molar-refractivity contribution in [3.05, 3.63) is 94.3 Å². The van der Waals surface area contributed by atoms with Crippen LogP contribution >= 0.6 is 23.5 Å². The summed E-state index contributed by atoms with van der Waals surface area (Å²) in [5.74, 6) is 0.412. The van der Waals surface area contributed by atoms with Crippen LogP contribution in [0.3, 0.4) is 0 Å². The second-order valence-electron chi connectivity index (χ2n) is 8.11. The smallest absolute Gasteiger partial charge is 0.283 e. The van der Waals surface area contributed by atoms with Crippen molar-refractivity contribution in [3.63, 3.8) is 0 Å². The molecule has 0 saturated carbocycles. The van der Waals surface area contributed by atoms with Gasteiger partial charge in [-0.1, -0.05) is 60.3 Å². The Kier molecular flexibility index (Phi) is 6.02. The van der Waals surface area contributed by atoms with Gasteiger partial charge in [-0.25, -0.2) is 0 Å². The van der Waals surface area contributed by atoms with E-state index in [0.717, 1.165) is 32.8 Å². The third kappa shape index (κ3) is 4.15. The number of rotatable bonds is 4. The largest absolute Gasteiger partial charge is 0.318 e. The number of carbonyl (C=O) groups excluding carboxylic acids is 1. The lowest BCUT2D eigenvalue weighted by molar-refractivity contribution is -0.114. The molecular weight excluding hydrogens is 462 g/mol. The Morgan fingerprint density at radius 1 is 1.06 bits per heavy atom. The molecule has 0 spiro atoms. The molecule has 2 aromatic carbocycles. The first kappa shape index (κ1) is 22.4. The summed E-state index contributed by atoms with van der Waals surface area (Å²) in [6.45, 7) is 6.16. The third-order valence-electron chi connectivity index (χ3n) is 5.77. The van der Waals surface area contributed by atoms with Crippen LogP contribution in [0.15, 0.2) is 76.3 Å². The van der Waals surface area contributed by atoms with E-state index in [1.54, 1.807) is 17.8 Å². The first-order valence-electron chi connectivity index (χ1n) is 10.8. The quantitative estimate of drug-likeness (QED) is 0.466. The van der Waals surface area contributed by atoms with Crippen molar-refractivity contribution in [1.29, 1.82) is 5.41 Å². The van der Waals surface area contributed by atoms with Crippen molar-refractivity contribution in [2.45, 2.75) is 26.5 Å². The van der Waals surface area contributed by atoms with Crippen molar-refractivity contribution < 1.29 is 4.79 Å². The molecule has 34 heavy (non-hydrogen) atoms. The molecule has 0 saturated heterocycles. The van der Waals surface area contributed by atoms with Crippen molar-refractivity contribution in [3.8, 4) is 5.69 Å². The first-order chi connectivity index (χ1) is 16.4. The number of hydrazone groups is 1. The number of para-hydroxylation sites is 1. The molecule has 2 aliphatic rings. The molecule has 6 nitrogen and oxygen atoms in total. The van der Waals surface area contributed by atoms with Crippen LogP contribution in [0.4, 0.5) is 0 Å². The maximum atomic E-state index is 12.9. The van der Waals surface area contributed by atoms with E-state index in [1.807, 2.05) is 50.2 Å². The maximum absolute atomic E-state index is 12.9. The van der Waals surface area contributed by atoms with E-state index in [0.29, 0.717) is 5.17 Å². The zero-order valence-corrected chi connectivity index (χ0v) is 20.7. The fourth-order valence-corrected chi connectivity index (χ4v) is 5.91. The number of amidine groups is 2. The van der Waals surface area contributed by atoms with Crippen LogP contribution in [0.25, 0.3) is 11.8 Å². The predicted octanol–water partition coefficient (Wildman–Crippen LogP) is 5.91. The number of aromatic nitrogens is 1. The van der Waals surface area contributed by atoms with Gasteiger partial charge in [0.05, 0.1) is 5.57 Å². The van der Waals surface area contributed by atoms with Gasteiger partial charge in [-0.3, -0.25) is 10.2 Å². The summed E-state index contributed by atoms with van der Waals surface area (Å²) in [5.41, 5.74) is 6.67. The van der Waals surface area contributed by atoms with Gasteiger partial charge in [-0.05, 0) is 67.4 Å². The van der Waals surface area contributed by atoms with Crippen LogP contribution in [-0.2, 0) is 10.5 Å². The minimum absolute atomic E-state index is 0.0542. The van der Waals surface area contributed by atoms with Crippen molar-refractivity contribution >= 4 is 50.9 Å². The average molecular weight is 486 g/mol. The van der Waals surface area contributed by atoms with E-state index in [-0.39, 0.29) is 11.4 Å². The fraction of sp³-hybridized carbons (Fsp3) is 0.154. The van der Waals surface area contributed by atoms with Crippen molar-refractivity contribution in [1.82, 2.24) is 9.58 Å². The molecule has 1 N–H and O–H groups in total. The zero-order valence-electron chi connectivity index (χ0n) is 19.1. The number of hydrogen-bond acceptors (Lipinski definition) is 5. The molecule has 0 aliphatic carbocycles. The van der Waals surface area contributed by atoms with E-state index in [1.165, 1.54) is 27.9 Å². The standard InChI is InChI=1S/C26H23N5OS2/c1-16-9-7-8-12-22(16)30-17(2)13-20(18(30)3)14-21-23(27)31-25(28-24(21)32)34-26(29-31)33-15-19-10-5-4-6-11-19/h4-14,27H,15H2,1-3H3/b21-14-,27-23?. The minimum Gasteiger partial charge on any atom is -0.318 e. The molecule has 1 amide bonds. The van der Waals surface area contributed by atoms with Crippen LogP contribution in [0.5, 0.6) is 0 Å². The van der Waals surface area contributed by atoms with E-state index in [2.05, 4.69) is 45.9 Å². The van der Waals surface area contributed by atoms with Gasteiger partial charge < -0.3 is 4.57 Å². The monoisotopic (exact) mass is 485 g/mol. The normalized spacial score (nSPS) is 16.7. The highest BCUT2D eigenvalue weighted by Crippen LogP contribution is 2.34. The lowest BCUT2D eigenvalue weighted by atomic mass is 10.1. The van der Waals surface area contributed by atoms with Crippen LogP contribution in [0.2, 0.25) is 0 Å². The number of aryl methyl sites for hydroxylation is 2. The molecule has 0 atom stereocenters. The summed E-state index contributed by atoms with van der Waals surface area (Å²) >= 11 is 2.91. The van der Waals surface area contributed by atoms with Crippen LogP contribution in [0, 0.1) is 26.2 Å². The minimum atomic E-state index is -0.408. The van der Waals surface area contributed by atoms with Gasteiger partial charge >= 0.3 is 0 Å². The molecule has 0 radical (unpaired) electrons. The van der Waals surface area contributed by atoms with Gasteiger partial charge in [0.2, 0.25) is 5.17 Å². The fourth-order valence-electron chi connectivity index (χ4n) is 4.03. The molecule has 3 aromatic rings. The molecule has 0 bridgehead atoms. The summed E-state index contributed by atoms with van der Waals surface area (Å²) in [5, 5.41) is 15.1. The van der Waals surface area contributed by atoms with E-state index in [9.17, 15) is 4.79 Å². The highest BCUT2D eigenvalue weighted by Gasteiger charge is 2.36. The topological polar surface area (TPSA) is 73.8 Å². The van der Waals surface area contributed by atoms with Crippen molar-refractivity contribution in [2.24, 2.45) is 10.1 Å². The Balaban J connectivity index is 1.42. The first-order valence-corrected chi connectivity index (χ1v) is 12.6. The van der Waals surface area contributed by atoms with Gasteiger partial charge in [0.15, 0.2) is 10.2 Å². The molecule has 5 rings (SSSR count). The predicted molar refractivity (Wildman–Crippen MR) is 143 cm³/mol. The summed E-state index contributed by atoms with van der Waals surface area (Å²) in [6, 6.07) is 20.4. The van der Waals surface area contributed by atoms with E-state index in [4.69, 9.17) is 5.41 Å². The number of amides is 1. The number of aliphatic imine (C=N–C) groups is 1. The molecule has 3 heterocycles. The molecule has 170 valence electrons. The van der Waals surface area contributed by atoms with Crippen LogP contribution in [-0.4, -0.2) is 30.9 Å². The summed E-state index contributed by atoms with van der Waals surface area (Å²) in [7, 11) is 0. The lowest BCUT2D eigenvalue weighted by Crippen LogP contribution is -2.35. The van der Waals surface area contributed by atoms with Crippen LogP contribution < -0.4 is 0 Å². The maximum Gasteiger partial charge on any atom is 0.283 e. The highest BCUT2D eigenvalue weighted by molar-refractivity contribution is 8.45. The van der Waals surface area contributed by atoms with Gasteiger partial charge in [-0.2, -0.15) is 10.0 Å². The molecule has 2 aliphatic heterocycles. The number of carbonyl (C=O) groups is 1. The summed E-state index contributed by atoms with van der Waals surface area (Å²) in [4.78, 5) is 17.1. The van der Waals surface area contributed by atoms with E-state index >= 15 is 0 Å². The molecule has 0 unspecified atom stereocenters. The molecule has 8 heteroatoms. The van der Waals surface area contributed by atoms with Gasteiger partial charge in [0.25, 0.3) is 5.91 Å². The number of benzene rings is 2. The Morgan fingerprint density at radius 2 is 1.79 bits per heavy atom.